The Balaban J connectivity index is 3.19. The molecule has 1 rings (SSSR count). The lowest BCUT2D eigenvalue weighted by atomic mass is 10.4. The van der Waals surface area contributed by atoms with Crippen molar-refractivity contribution >= 4 is 29.7 Å². The molecule has 1 aromatic rings. The van der Waals surface area contributed by atoms with Crippen molar-refractivity contribution in [3.8, 4) is 0 Å². The SMILES string of the molecule is CC[Si](O[Si](C)(C)C)(c1ccccc1)[SiH](C)C. The first-order valence-corrected chi connectivity index (χ1v) is 16.2. The highest BCUT2D eigenvalue weighted by Gasteiger charge is 2.42. The van der Waals surface area contributed by atoms with Crippen molar-refractivity contribution in [3.05, 3.63) is 30.3 Å². The maximum absolute atomic E-state index is 6.76. The highest BCUT2D eigenvalue weighted by molar-refractivity contribution is 7.36. The number of rotatable bonds is 5. The van der Waals surface area contributed by atoms with E-state index in [0.717, 1.165) is 0 Å². The van der Waals surface area contributed by atoms with Crippen molar-refractivity contribution in [2.24, 2.45) is 0 Å². The molecule has 96 valence electrons. The van der Waals surface area contributed by atoms with E-state index in [4.69, 9.17) is 4.12 Å². The van der Waals surface area contributed by atoms with Gasteiger partial charge in [0.1, 0.15) is 0 Å². The minimum Gasteiger partial charge on any atom is -0.454 e. The molecule has 1 unspecified atom stereocenters. The Morgan fingerprint density at radius 3 is 1.94 bits per heavy atom. The molecule has 0 aliphatic heterocycles. The molecule has 0 aliphatic carbocycles. The fraction of sp³-hybridized carbons (Fsp3) is 0.538. The van der Waals surface area contributed by atoms with Crippen LogP contribution < -0.4 is 5.19 Å². The second-order valence-corrected chi connectivity index (χ2v) is 22.7. The number of benzene rings is 1. The standard InChI is InChI=1S/C13H26OSi3/c1-7-17(15(2)3,14-16(4,5)6)13-11-9-8-10-12-13/h8-12,15H,7H2,1-6H3. The lowest BCUT2D eigenvalue weighted by Crippen LogP contribution is -2.64. The highest BCUT2D eigenvalue weighted by atomic mass is 29.2. The molecule has 0 aliphatic rings. The molecule has 1 atom stereocenters. The molecule has 0 N–H and O–H groups in total. The second-order valence-electron chi connectivity index (χ2n) is 5.98. The van der Waals surface area contributed by atoms with Gasteiger partial charge < -0.3 is 4.12 Å². The van der Waals surface area contributed by atoms with Crippen LogP contribution in [0.1, 0.15) is 6.92 Å². The fourth-order valence-electron chi connectivity index (χ4n) is 2.46. The Morgan fingerprint density at radius 2 is 1.59 bits per heavy atom. The van der Waals surface area contributed by atoms with E-state index in [0.29, 0.717) is 0 Å². The molecular formula is C13H26OSi3. The van der Waals surface area contributed by atoms with Crippen LogP contribution in [0.2, 0.25) is 38.8 Å². The maximum atomic E-state index is 6.76. The van der Waals surface area contributed by atoms with E-state index < -0.39 is 24.5 Å². The predicted octanol–water partition coefficient (Wildman–Crippen LogP) is 3.28. The minimum absolute atomic E-state index is 0.796. The quantitative estimate of drug-likeness (QED) is 0.753. The van der Waals surface area contributed by atoms with E-state index in [2.05, 4.69) is 70.0 Å². The van der Waals surface area contributed by atoms with E-state index in [9.17, 15) is 0 Å². The molecule has 4 heteroatoms. The first kappa shape index (κ1) is 14.9. The molecule has 1 nitrogen and oxygen atoms in total. The van der Waals surface area contributed by atoms with Crippen molar-refractivity contribution < 1.29 is 4.12 Å². The first-order chi connectivity index (χ1) is 7.82. The third-order valence-corrected chi connectivity index (χ3v) is 20.2. The van der Waals surface area contributed by atoms with E-state index in [1.54, 1.807) is 0 Å². The zero-order valence-electron chi connectivity index (χ0n) is 12.1. The molecular weight excluding hydrogens is 256 g/mol. The first-order valence-electron chi connectivity index (χ1n) is 6.57. The Hall–Kier alpha value is -0.169. The average molecular weight is 283 g/mol. The van der Waals surface area contributed by atoms with Gasteiger partial charge in [0.2, 0.25) is 0 Å². The van der Waals surface area contributed by atoms with Crippen LogP contribution in [0.15, 0.2) is 30.3 Å². The van der Waals surface area contributed by atoms with Gasteiger partial charge in [-0.3, -0.25) is 0 Å². The molecule has 0 bridgehead atoms. The largest absolute Gasteiger partial charge is 0.454 e. The van der Waals surface area contributed by atoms with Crippen molar-refractivity contribution in [1.29, 1.82) is 0 Å². The van der Waals surface area contributed by atoms with Crippen LogP contribution in [-0.4, -0.2) is 24.5 Å². The van der Waals surface area contributed by atoms with Gasteiger partial charge in [0.05, 0.1) is 8.31 Å². The Labute approximate surface area is 110 Å². The van der Waals surface area contributed by atoms with Gasteiger partial charge in [0.25, 0.3) is 0 Å². The Bertz CT molecular complexity index is 345. The molecule has 17 heavy (non-hydrogen) atoms. The van der Waals surface area contributed by atoms with Gasteiger partial charge >= 0.3 is 0 Å². The van der Waals surface area contributed by atoms with Crippen molar-refractivity contribution in [2.45, 2.75) is 45.7 Å². The zero-order chi connectivity index (χ0) is 13.1. The lowest BCUT2D eigenvalue weighted by Gasteiger charge is -2.40. The van der Waals surface area contributed by atoms with Crippen LogP contribution in [0.4, 0.5) is 0 Å². The zero-order valence-corrected chi connectivity index (χ0v) is 15.2. The van der Waals surface area contributed by atoms with E-state index >= 15 is 0 Å². The van der Waals surface area contributed by atoms with Crippen molar-refractivity contribution in [2.75, 3.05) is 0 Å². The summed E-state index contributed by atoms with van der Waals surface area (Å²) in [6.07, 6.45) is 0. The molecule has 0 fully saturated rings. The summed E-state index contributed by atoms with van der Waals surface area (Å²) in [5, 5.41) is 1.52. The highest BCUT2D eigenvalue weighted by Crippen LogP contribution is 2.21. The second kappa shape index (κ2) is 5.65. The summed E-state index contributed by atoms with van der Waals surface area (Å²) < 4.78 is 6.76. The molecule has 0 aromatic heterocycles. The summed E-state index contributed by atoms with van der Waals surface area (Å²) in [5.74, 6) is 0. The van der Waals surface area contributed by atoms with Gasteiger partial charge in [-0.05, 0) is 30.9 Å². The van der Waals surface area contributed by atoms with Gasteiger partial charge in [-0.15, -0.1) is 0 Å². The van der Waals surface area contributed by atoms with E-state index in [1.165, 1.54) is 11.2 Å². The molecule has 1 aromatic carbocycles. The van der Waals surface area contributed by atoms with E-state index in [-0.39, 0.29) is 0 Å². The maximum Gasteiger partial charge on any atom is 0.193 e. The van der Waals surface area contributed by atoms with Crippen LogP contribution in [0.25, 0.3) is 0 Å². The van der Waals surface area contributed by atoms with Crippen LogP contribution in [0.3, 0.4) is 0 Å². The van der Waals surface area contributed by atoms with Gasteiger partial charge in [0, 0.05) is 0 Å². The Kier molecular flexibility index (Phi) is 4.95. The topological polar surface area (TPSA) is 9.23 Å². The minimum atomic E-state index is -1.66. The molecule has 0 spiro atoms. The molecule has 0 saturated carbocycles. The van der Waals surface area contributed by atoms with Crippen LogP contribution in [-0.2, 0) is 4.12 Å². The smallest absolute Gasteiger partial charge is 0.193 e. The fourth-order valence-corrected chi connectivity index (χ4v) is 21.8. The monoisotopic (exact) mass is 282 g/mol. The van der Waals surface area contributed by atoms with Gasteiger partial charge in [0.15, 0.2) is 16.2 Å². The predicted molar refractivity (Wildman–Crippen MR) is 85.6 cm³/mol. The summed E-state index contributed by atoms with van der Waals surface area (Å²) in [6.45, 7) is 14.2. The molecule has 0 radical (unpaired) electrons. The summed E-state index contributed by atoms with van der Waals surface area (Å²) in [7, 11) is -3.92. The number of hydrogen-bond acceptors (Lipinski definition) is 1. The molecule has 0 heterocycles. The van der Waals surface area contributed by atoms with Gasteiger partial charge in [-0.1, -0.05) is 50.3 Å². The molecule has 0 amide bonds. The van der Waals surface area contributed by atoms with Crippen LogP contribution >= 0.6 is 0 Å². The normalized spacial score (nSPS) is 15.9. The summed E-state index contributed by atoms with van der Waals surface area (Å²) in [6, 6.07) is 12.2. The third kappa shape index (κ3) is 3.64. The number of hydrogen-bond donors (Lipinski definition) is 0. The van der Waals surface area contributed by atoms with Gasteiger partial charge in [-0.2, -0.15) is 0 Å². The van der Waals surface area contributed by atoms with Crippen molar-refractivity contribution in [1.82, 2.24) is 0 Å². The third-order valence-electron chi connectivity index (χ3n) is 3.21. The summed E-state index contributed by atoms with van der Waals surface area (Å²) >= 11 is 0. The van der Waals surface area contributed by atoms with E-state index in [1.807, 2.05) is 0 Å². The summed E-state index contributed by atoms with van der Waals surface area (Å²) in [5.41, 5.74) is 0. The molecule has 0 saturated heterocycles. The van der Waals surface area contributed by atoms with Crippen LogP contribution in [0.5, 0.6) is 0 Å². The van der Waals surface area contributed by atoms with Gasteiger partial charge in [-0.25, -0.2) is 0 Å². The van der Waals surface area contributed by atoms with Crippen LogP contribution in [0, 0.1) is 0 Å². The summed E-state index contributed by atoms with van der Waals surface area (Å²) in [4.78, 5) is 0. The van der Waals surface area contributed by atoms with Crippen molar-refractivity contribution in [3.63, 3.8) is 0 Å². The lowest BCUT2D eigenvalue weighted by molar-refractivity contribution is 0.570. The Morgan fingerprint density at radius 1 is 1.06 bits per heavy atom. The average Bonchev–Trinajstić information content (AvgIpc) is 2.25.